The summed E-state index contributed by atoms with van der Waals surface area (Å²) in [6, 6.07) is 15.1. The molecule has 0 aliphatic carbocycles. The van der Waals surface area contributed by atoms with Crippen molar-refractivity contribution in [3.05, 3.63) is 76.4 Å². The van der Waals surface area contributed by atoms with Gasteiger partial charge >= 0.3 is 0 Å². The molecule has 0 aliphatic rings. The molecule has 0 bridgehead atoms. The second-order valence-electron chi connectivity index (χ2n) is 5.70. The second-order valence-corrected chi connectivity index (χ2v) is 6.11. The third-order valence-corrected chi connectivity index (χ3v) is 4.31. The molecule has 0 atom stereocenters. The Kier molecular flexibility index (Phi) is 5.16. The maximum atomic E-state index is 12.7. The minimum absolute atomic E-state index is 0.199. The van der Waals surface area contributed by atoms with Crippen molar-refractivity contribution in [1.82, 2.24) is 15.1 Å². The number of rotatable bonds is 5. The lowest BCUT2D eigenvalue weighted by atomic mass is 10.1. The first-order valence-electron chi connectivity index (χ1n) is 7.93. The predicted octanol–water partition coefficient (Wildman–Crippen LogP) is 3.13. The van der Waals surface area contributed by atoms with Crippen molar-refractivity contribution in [2.24, 2.45) is 12.8 Å². The van der Waals surface area contributed by atoms with Gasteiger partial charge < -0.3 is 11.1 Å². The van der Waals surface area contributed by atoms with Crippen molar-refractivity contribution >= 4 is 17.5 Å². The molecule has 128 valence electrons. The molecule has 0 spiro atoms. The van der Waals surface area contributed by atoms with E-state index in [0.717, 1.165) is 16.7 Å². The van der Waals surface area contributed by atoms with E-state index in [4.69, 9.17) is 17.3 Å². The van der Waals surface area contributed by atoms with Crippen molar-refractivity contribution in [3.63, 3.8) is 0 Å². The molecule has 1 amide bonds. The number of halogens is 1. The summed E-state index contributed by atoms with van der Waals surface area (Å²) in [5.41, 5.74) is 9.55. The third kappa shape index (κ3) is 3.73. The highest BCUT2D eigenvalue weighted by molar-refractivity contribution is 6.33. The summed E-state index contributed by atoms with van der Waals surface area (Å²) in [6.45, 7) is 0.840. The van der Waals surface area contributed by atoms with Gasteiger partial charge in [0.15, 0.2) is 0 Å². The molecule has 1 heterocycles. The van der Waals surface area contributed by atoms with E-state index in [1.807, 2.05) is 42.5 Å². The van der Waals surface area contributed by atoms with E-state index < -0.39 is 0 Å². The van der Waals surface area contributed by atoms with E-state index in [1.54, 1.807) is 24.0 Å². The molecule has 25 heavy (non-hydrogen) atoms. The lowest BCUT2D eigenvalue weighted by Gasteiger charge is -2.09. The minimum Gasteiger partial charge on any atom is -0.348 e. The van der Waals surface area contributed by atoms with Gasteiger partial charge in [-0.3, -0.25) is 9.48 Å². The first-order valence-corrected chi connectivity index (χ1v) is 8.31. The van der Waals surface area contributed by atoms with E-state index in [0.29, 0.717) is 29.4 Å². The number of aromatic nitrogens is 2. The summed E-state index contributed by atoms with van der Waals surface area (Å²) >= 11 is 6.26. The Labute approximate surface area is 151 Å². The van der Waals surface area contributed by atoms with E-state index in [1.165, 1.54) is 0 Å². The summed E-state index contributed by atoms with van der Waals surface area (Å²) in [7, 11) is 1.78. The highest BCUT2D eigenvalue weighted by Gasteiger charge is 2.18. The Morgan fingerprint density at radius 1 is 1.16 bits per heavy atom. The lowest BCUT2D eigenvalue weighted by Crippen LogP contribution is -2.24. The number of aryl methyl sites for hydroxylation is 1. The Morgan fingerprint density at radius 3 is 2.56 bits per heavy atom. The molecule has 3 aromatic rings. The number of carbonyl (C=O) groups is 1. The average Bonchev–Trinajstić information content (AvgIpc) is 3.02. The molecule has 2 aromatic carbocycles. The molecular weight excluding hydrogens is 336 g/mol. The molecule has 3 N–H and O–H groups in total. The Morgan fingerprint density at radius 2 is 1.84 bits per heavy atom. The van der Waals surface area contributed by atoms with Crippen LogP contribution in [-0.2, 0) is 20.1 Å². The van der Waals surface area contributed by atoms with Gasteiger partial charge in [0.25, 0.3) is 5.91 Å². The molecular formula is C19H19ClN4O. The first-order chi connectivity index (χ1) is 12.1. The molecule has 6 heteroatoms. The number of nitrogens with zero attached hydrogens (tertiary/aromatic N) is 2. The van der Waals surface area contributed by atoms with Gasteiger partial charge in [0.1, 0.15) is 5.69 Å². The van der Waals surface area contributed by atoms with Gasteiger partial charge in [-0.15, -0.1) is 0 Å². The standard InChI is InChI=1S/C19H19ClN4O/c1-24-12-16(18(23-24)15-8-4-5-9-17(15)20)19(25)22-11-14-7-3-2-6-13(14)10-21/h2-9,12H,10-11,21H2,1H3,(H,22,25). The molecule has 0 radical (unpaired) electrons. The number of hydrogen-bond acceptors (Lipinski definition) is 3. The van der Waals surface area contributed by atoms with Crippen molar-refractivity contribution in [3.8, 4) is 11.3 Å². The van der Waals surface area contributed by atoms with Crippen molar-refractivity contribution in [2.75, 3.05) is 0 Å². The zero-order valence-corrected chi connectivity index (χ0v) is 14.6. The average molecular weight is 355 g/mol. The number of amides is 1. The van der Waals surface area contributed by atoms with Crippen molar-refractivity contribution in [1.29, 1.82) is 0 Å². The zero-order chi connectivity index (χ0) is 17.8. The molecule has 0 saturated heterocycles. The van der Waals surface area contributed by atoms with Crippen LogP contribution in [0, 0.1) is 0 Å². The van der Waals surface area contributed by atoms with Gasteiger partial charge in [-0.2, -0.15) is 5.10 Å². The van der Waals surface area contributed by atoms with Crippen LogP contribution in [0.4, 0.5) is 0 Å². The largest absolute Gasteiger partial charge is 0.348 e. The summed E-state index contributed by atoms with van der Waals surface area (Å²) in [5, 5.41) is 7.90. The van der Waals surface area contributed by atoms with Crippen molar-refractivity contribution < 1.29 is 4.79 Å². The fourth-order valence-corrected chi connectivity index (χ4v) is 2.93. The van der Waals surface area contributed by atoms with Gasteiger partial charge in [0, 0.05) is 31.9 Å². The maximum Gasteiger partial charge on any atom is 0.255 e. The Hall–Kier alpha value is -2.63. The van der Waals surface area contributed by atoms with E-state index in [-0.39, 0.29) is 5.91 Å². The normalized spacial score (nSPS) is 10.7. The van der Waals surface area contributed by atoms with E-state index >= 15 is 0 Å². The molecule has 1 aromatic heterocycles. The molecule has 0 aliphatic heterocycles. The second kappa shape index (κ2) is 7.51. The van der Waals surface area contributed by atoms with Crippen LogP contribution >= 0.6 is 11.6 Å². The van der Waals surface area contributed by atoms with Gasteiger partial charge in [-0.25, -0.2) is 0 Å². The predicted molar refractivity (Wildman–Crippen MR) is 99.2 cm³/mol. The highest BCUT2D eigenvalue weighted by Crippen LogP contribution is 2.29. The van der Waals surface area contributed by atoms with E-state index in [9.17, 15) is 4.79 Å². The van der Waals surface area contributed by atoms with Gasteiger partial charge in [0.2, 0.25) is 0 Å². The topological polar surface area (TPSA) is 72.9 Å². The third-order valence-electron chi connectivity index (χ3n) is 3.98. The van der Waals surface area contributed by atoms with Gasteiger partial charge in [-0.05, 0) is 17.2 Å². The summed E-state index contributed by atoms with van der Waals surface area (Å²) in [4.78, 5) is 12.7. The maximum absolute atomic E-state index is 12.7. The van der Waals surface area contributed by atoms with Crippen LogP contribution in [0.5, 0.6) is 0 Å². The minimum atomic E-state index is -0.199. The van der Waals surface area contributed by atoms with Crippen LogP contribution in [-0.4, -0.2) is 15.7 Å². The van der Waals surface area contributed by atoms with E-state index in [2.05, 4.69) is 10.4 Å². The quantitative estimate of drug-likeness (QED) is 0.739. The van der Waals surface area contributed by atoms with Crippen molar-refractivity contribution in [2.45, 2.75) is 13.1 Å². The van der Waals surface area contributed by atoms with Crippen LogP contribution in [0.2, 0.25) is 5.02 Å². The number of benzene rings is 2. The fourth-order valence-electron chi connectivity index (χ4n) is 2.71. The van der Waals surface area contributed by atoms with Gasteiger partial charge in [0.05, 0.1) is 10.6 Å². The number of carbonyl (C=O) groups excluding carboxylic acids is 1. The number of nitrogens with one attached hydrogen (secondary N) is 1. The van der Waals surface area contributed by atoms with Crippen LogP contribution in [0.25, 0.3) is 11.3 Å². The van der Waals surface area contributed by atoms with Crippen LogP contribution in [0.1, 0.15) is 21.5 Å². The highest BCUT2D eigenvalue weighted by atomic mass is 35.5. The smallest absolute Gasteiger partial charge is 0.255 e. The van der Waals surface area contributed by atoms with Crippen LogP contribution in [0.15, 0.2) is 54.7 Å². The Bertz CT molecular complexity index is 904. The zero-order valence-electron chi connectivity index (χ0n) is 13.9. The van der Waals surface area contributed by atoms with Crippen LogP contribution < -0.4 is 11.1 Å². The molecule has 3 rings (SSSR count). The fraction of sp³-hybridized carbons (Fsp3) is 0.158. The number of hydrogen-bond donors (Lipinski definition) is 2. The molecule has 0 unspecified atom stereocenters. The van der Waals surface area contributed by atoms with Gasteiger partial charge in [-0.1, -0.05) is 54.1 Å². The molecule has 0 saturated carbocycles. The monoisotopic (exact) mass is 354 g/mol. The number of nitrogens with two attached hydrogens (primary N) is 1. The molecule has 0 fully saturated rings. The summed E-state index contributed by atoms with van der Waals surface area (Å²) in [6.07, 6.45) is 1.70. The summed E-state index contributed by atoms with van der Waals surface area (Å²) in [5.74, 6) is -0.199. The first kappa shape index (κ1) is 17.2. The SMILES string of the molecule is Cn1cc(C(=O)NCc2ccccc2CN)c(-c2ccccc2Cl)n1. The summed E-state index contributed by atoms with van der Waals surface area (Å²) < 4.78 is 1.61. The molecule has 5 nitrogen and oxygen atoms in total. The Balaban J connectivity index is 1.85. The van der Waals surface area contributed by atoms with Crippen LogP contribution in [0.3, 0.4) is 0 Å². The lowest BCUT2D eigenvalue weighted by molar-refractivity contribution is 0.0951.